The van der Waals surface area contributed by atoms with Crippen molar-refractivity contribution >= 4 is 18.1 Å². The van der Waals surface area contributed by atoms with Crippen LogP contribution < -0.4 is 122 Å². The largest absolute Gasteiger partial charge is 1.00 e. The van der Waals surface area contributed by atoms with E-state index in [1.165, 1.54) is 22.3 Å². The Morgan fingerprint density at radius 1 is 0.794 bits per heavy atom. The third kappa shape index (κ3) is 10.7. The zero-order chi connectivity index (χ0) is 41.9. The van der Waals surface area contributed by atoms with Crippen molar-refractivity contribution in [1.29, 1.82) is 0 Å². The first-order valence-corrected chi connectivity index (χ1v) is 20.7. The van der Waals surface area contributed by atoms with Gasteiger partial charge in [0.15, 0.2) is 29.8 Å². The molecule has 0 radical (unpaired) electrons. The Morgan fingerprint density at radius 2 is 1.27 bits per heavy atom. The molecular formula is C45H65ClK2N2O13. The van der Waals surface area contributed by atoms with Crippen LogP contribution in [-0.4, -0.2) is 149 Å². The summed E-state index contributed by atoms with van der Waals surface area (Å²) >= 11 is 5.16. The minimum absolute atomic E-state index is 0. The topological polar surface area (TPSA) is 181 Å². The van der Waals surface area contributed by atoms with E-state index in [0.717, 1.165) is 44.5 Å². The third-order valence-electron chi connectivity index (χ3n) is 13.6. The van der Waals surface area contributed by atoms with Crippen molar-refractivity contribution in [1.82, 2.24) is 9.80 Å². The number of hydrogen-bond acceptors (Lipinski definition) is 15. The molecule has 2 unspecified atom stereocenters. The van der Waals surface area contributed by atoms with Gasteiger partial charge in [0.25, 0.3) is 6.47 Å². The zero-order valence-corrected chi connectivity index (χ0v) is 43.0. The number of phenolic OH excluding ortho intramolecular Hbond substituents is 1. The molecule has 4 bridgehead atoms. The number of alkyl halides is 1. The fraction of sp³-hybridized carbons (Fsp3) is 0.622. The molecule has 2 fully saturated rings. The summed E-state index contributed by atoms with van der Waals surface area (Å²) in [5.74, 6) is 3.07. The van der Waals surface area contributed by atoms with Gasteiger partial charge in [0, 0.05) is 60.1 Å². The Hall–Kier alpha value is -0.207. The molecule has 0 aromatic heterocycles. The van der Waals surface area contributed by atoms with Crippen molar-refractivity contribution in [3.05, 3.63) is 70.8 Å². The van der Waals surface area contributed by atoms with Gasteiger partial charge >= 0.3 is 103 Å². The van der Waals surface area contributed by atoms with Crippen LogP contribution in [0, 0.1) is 11.8 Å². The van der Waals surface area contributed by atoms with E-state index in [1.807, 2.05) is 24.3 Å². The first-order chi connectivity index (χ1) is 28.6. The van der Waals surface area contributed by atoms with Crippen molar-refractivity contribution in [2.24, 2.45) is 11.8 Å². The number of methoxy groups -OCH3 is 2. The van der Waals surface area contributed by atoms with E-state index >= 15 is 0 Å². The molecule has 2 aromatic rings. The van der Waals surface area contributed by atoms with Gasteiger partial charge in [-0.3, -0.25) is 4.79 Å². The standard InChI is InChI=1S/C21H27NO5.C17H19NO3.C4H9ClO2.CH2O3.2CH4.2K.H/c1-22-8-7-21-14-4-5-16(23)20(21)27-19-17(26-12-25-10-9-24-2)6-3-13(18(19)21)11-15(14)22;1-18-7-6-17-10-3-5-13(20)16(17)21-15-12(19)4-2-9(14(15)17)8-11(10)18;1-6-2-3-7-4-5;2-1-4-3;;;;;/h3-6,14-16,20,23H,7-12H2,1-2H3;2-5,10-11,13,16,19-20H,6-8H2,1H3;2-4H2,1H3;1,3H;2*1H4;;;/q;;;;;;2*+1;-1/p-1/t14?,15-,16+,20+,21+;10?,11-,13+,16+,17+;;;;;;;/m11......./s1. The maximum Gasteiger partial charge on any atom is 1.00 e. The van der Waals surface area contributed by atoms with E-state index in [-0.39, 0.29) is 167 Å². The molecule has 15 nitrogen and oxygen atoms in total. The molecule has 3 N–H and O–H groups in total. The van der Waals surface area contributed by atoms with Crippen LogP contribution in [0.1, 0.15) is 51.4 Å². The maximum atomic E-state index is 10.7. The second-order valence-electron chi connectivity index (χ2n) is 16.2. The Labute approximate surface area is 463 Å². The van der Waals surface area contributed by atoms with Crippen molar-refractivity contribution in [2.45, 2.75) is 87.9 Å². The number of likely N-dealkylation sites (N-methyl/N-ethyl adjacent to an activating group) is 2. The first-order valence-electron chi connectivity index (χ1n) is 20.1. The molecule has 2 saturated heterocycles. The normalized spacial score (nSPS) is 30.9. The van der Waals surface area contributed by atoms with Crippen LogP contribution in [0.25, 0.3) is 0 Å². The number of benzene rings is 2. The summed E-state index contributed by atoms with van der Waals surface area (Å²) in [5, 5.41) is 39.8. The molecule has 0 amide bonds. The molecule has 8 aliphatic rings. The SMILES string of the molecule is C.C.CN1CC[C@]23c4c5ccc(O)c4O[C@H]2[C@@H](O)C=CC3[C@H]1C5.COCCOCCl.COCCOCOc1ccc2c3c1O[C@H]1[C@@H](O)C=CC4[C@@H](C2)N(C)CC[C@@]341.O=CO[O-].[H-].[K+].[K+]. The van der Waals surface area contributed by atoms with Crippen LogP contribution in [0.5, 0.6) is 23.0 Å². The number of carbonyl (C=O) groups excluding carboxylic acids is 1. The quantitative estimate of drug-likeness (QED) is 0.0311. The molecular weight excluding hydrogens is 890 g/mol. The van der Waals surface area contributed by atoms with Gasteiger partial charge in [-0.15, -0.1) is 0 Å². The van der Waals surface area contributed by atoms with Crippen LogP contribution in [0.4, 0.5) is 0 Å². The van der Waals surface area contributed by atoms with Crippen molar-refractivity contribution in [3.63, 3.8) is 0 Å². The monoisotopic (exact) mass is 954 g/mol. The summed E-state index contributed by atoms with van der Waals surface area (Å²) in [4.78, 5) is 16.1. The van der Waals surface area contributed by atoms with E-state index in [1.54, 1.807) is 20.3 Å². The summed E-state index contributed by atoms with van der Waals surface area (Å²) in [7, 11) is 7.67. The van der Waals surface area contributed by atoms with Crippen LogP contribution in [-0.2, 0) is 52.3 Å². The Balaban J connectivity index is 0.000000341. The van der Waals surface area contributed by atoms with Gasteiger partial charge in [0.1, 0.15) is 30.5 Å². The minimum atomic E-state index is -0.594. The smallest absolute Gasteiger partial charge is 1.00 e. The van der Waals surface area contributed by atoms with E-state index in [2.05, 4.69) is 51.7 Å². The Bertz CT molecular complexity index is 1870. The zero-order valence-electron chi connectivity index (χ0n) is 37.0. The van der Waals surface area contributed by atoms with Gasteiger partial charge in [-0.2, -0.15) is 0 Å². The number of carbonyl (C=O) groups is 1. The number of aliphatic hydroxyl groups excluding tert-OH is 2. The van der Waals surface area contributed by atoms with E-state index in [4.69, 9.17) is 50.1 Å². The summed E-state index contributed by atoms with van der Waals surface area (Å²) < 4.78 is 38.2. The van der Waals surface area contributed by atoms with Crippen molar-refractivity contribution < 1.29 is 168 Å². The molecule has 2 spiro atoms. The Kier molecular flexibility index (Phi) is 23.0. The molecule has 63 heavy (non-hydrogen) atoms. The van der Waals surface area contributed by atoms with Crippen LogP contribution >= 0.6 is 11.6 Å². The number of hydrogen-bond donors (Lipinski definition) is 3. The van der Waals surface area contributed by atoms with Crippen LogP contribution in [0.3, 0.4) is 0 Å². The number of halogens is 1. The molecule has 0 saturated carbocycles. The number of ether oxygens (including phenoxy) is 7. The molecule has 2 aromatic carbocycles. The first kappa shape index (κ1) is 57.1. The minimum Gasteiger partial charge on any atom is -1.00 e. The second-order valence-corrected chi connectivity index (χ2v) is 16.4. The van der Waals surface area contributed by atoms with Gasteiger partial charge in [0.05, 0.1) is 26.4 Å². The van der Waals surface area contributed by atoms with E-state index in [9.17, 15) is 15.3 Å². The van der Waals surface area contributed by atoms with Crippen LogP contribution in [0.15, 0.2) is 48.6 Å². The fourth-order valence-corrected chi connectivity index (χ4v) is 11.2. The van der Waals surface area contributed by atoms with Crippen molar-refractivity contribution in [2.75, 3.05) is 80.7 Å². The predicted octanol–water partition coefficient (Wildman–Crippen LogP) is -2.64. The second kappa shape index (κ2) is 25.4. The molecule has 4 heterocycles. The van der Waals surface area contributed by atoms with Gasteiger partial charge in [-0.25, -0.2) is 0 Å². The van der Waals surface area contributed by atoms with Gasteiger partial charge in [-0.05, 0) is 76.1 Å². The molecule has 10 rings (SSSR count). The van der Waals surface area contributed by atoms with E-state index in [0.29, 0.717) is 61.8 Å². The number of piperidine rings is 2. The molecule has 342 valence electrons. The summed E-state index contributed by atoms with van der Waals surface area (Å²) in [6.07, 6.45) is 10.5. The number of nitrogens with zero attached hydrogens (tertiary/aromatic N) is 2. The van der Waals surface area contributed by atoms with Gasteiger partial charge in [0.2, 0.25) is 0 Å². The van der Waals surface area contributed by atoms with Crippen molar-refractivity contribution in [3.8, 4) is 23.0 Å². The van der Waals surface area contributed by atoms with Crippen LogP contribution in [0.2, 0.25) is 0 Å². The number of phenols is 1. The summed E-state index contributed by atoms with van der Waals surface area (Å²) in [6.45, 7) is 4.24. The summed E-state index contributed by atoms with van der Waals surface area (Å²) in [5.41, 5.74) is 4.73. The molecule has 4 aliphatic heterocycles. The Morgan fingerprint density at radius 3 is 1.76 bits per heavy atom. The molecule has 18 heteroatoms. The number of likely N-dealkylation sites (tertiary alicyclic amines) is 2. The van der Waals surface area contributed by atoms with Gasteiger partial charge in [-0.1, -0.05) is 62.9 Å². The third-order valence-corrected chi connectivity index (χ3v) is 13.7. The average Bonchev–Trinajstić information content (AvgIpc) is 3.79. The van der Waals surface area contributed by atoms with Gasteiger partial charge < -0.3 is 69.8 Å². The maximum absolute atomic E-state index is 10.7. The van der Waals surface area contributed by atoms with E-state index < -0.39 is 12.2 Å². The number of aromatic hydroxyl groups is 1. The average molecular weight is 956 g/mol. The number of rotatable bonds is 11. The molecule has 4 aliphatic carbocycles. The predicted molar refractivity (Wildman–Crippen MR) is 227 cm³/mol. The summed E-state index contributed by atoms with van der Waals surface area (Å²) in [6, 6.07) is 9.09. The molecule has 10 atom stereocenters. The fourth-order valence-electron chi connectivity index (χ4n) is 11.1. The number of aliphatic hydroxyl groups is 2.